The van der Waals surface area contributed by atoms with Crippen LogP contribution in [0.1, 0.15) is 14.3 Å². The number of likely N-dealkylation sites (tertiary alicyclic amines) is 1. The molecule has 0 aromatic rings. The van der Waals surface area contributed by atoms with E-state index in [9.17, 15) is 4.79 Å². The first-order chi connectivity index (χ1) is 5.04. The molecule has 6 heteroatoms. The SMILES string of the molecule is CN1CCCC1=O.O=C(O)O.[Cs+].[H-]. The molecule has 0 unspecified atom stereocenters. The van der Waals surface area contributed by atoms with Gasteiger partial charge in [-0.2, -0.15) is 0 Å². The molecule has 1 amide bonds. The summed E-state index contributed by atoms with van der Waals surface area (Å²) in [4.78, 5) is 20.8. The number of nitrogens with zero attached hydrogens (tertiary/aromatic N) is 1. The van der Waals surface area contributed by atoms with Crippen molar-refractivity contribution in [3.8, 4) is 0 Å². The molecular weight excluding hydrogens is 283 g/mol. The van der Waals surface area contributed by atoms with E-state index in [1.807, 2.05) is 7.05 Å². The van der Waals surface area contributed by atoms with Crippen LogP contribution in [0, 0.1) is 0 Å². The quantitative estimate of drug-likeness (QED) is 0.521. The number of amides is 1. The molecule has 0 saturated carbocycles. The average molecular weight is 295 g/mol. The Hall–Kier alpha value is 0.792. The second-order valence-corrected chi connectivity index (χ2v) is 2.20. The standard InChI is InChI=1S/C5H9NO.CH2O3.Cs.H/c1-6-4-2-3-5(6)7;2-1(3)4;;/h2-4H2,1H3;(H2,2,3,4);;/q;;+1;-1. The molecule has 1 aliphatic rings. The first-order valence-electron chi connectivity index (χ1n) is 3.20. The van der Waals surface area contributed by atoms with E-state index in [0.29, 0.717) is 5.91 Å². The van der Waals surface area contributed by atoms with Crippen LogP contribution >= 0.6 is 0 Å². The zero-order chi connectivity index (χ0) is 8.85. The summed E-state index contributed by atoms with van der Waals surface area (Å²) in [5, 5.41) is 13.9. The molecule has 1 heterocycles. The van der Waals surface area contributed by atoms with Crippen LogP contribution < -0.4 is 68.9 Å². The Labute approximate surface area is 131 Å². The topological polar surface area (TPSA) is 77.8 Å². The summed E-state index contributed by atoms with van der Waals surface area (Å²) in [6.07, 6.45) is -0.0220. The van der Waals surface area contributed by atoms with Gasteiger partial charge in [0.25, 0.3) is 0 Å². The zero-order valence-electron chi connectivity index (χ0n) is 8.28. The van der Waals surface area contributed by atoms with Crippen LogP contribution in [0.15, 0.2) is 0 Å². The Morgan fingerprint density at radius 1 is 1.58 bits per heavy atom. The Bertz CT molecular complexity index is 163. The fraction of sp³-hybridized carbons (Fsp3) is 0.667. The summed E-state index contributed by atoms with van der Waals surface area (Å²) in [6.45, 7) is 0.957. The van der Waals surface area contributed by atoms with Crippen LogP contribution in [0.4, 0.5) is 4.79 Å². The van der Waals surface area contributed by atoms with E-state index >= 15 is 0 Å². The maximum atomic E-state index is 10.5. The predicted molar refractivity (Wildman–Crippen MR) is 38.6 cm³/mol. The molecule has 1 fully saturated rings. The zero-order valence-corrected chi connectivity index (χ0v) is 13.6. The van der Waals surface area contributed by atoms with Gasteiger partial charge in [0.1, 0.15) is 0 Å². The maximum absolute atomic E-state index is 10.5. The average Bonchev–Trinajstić information content (AvgIpc) is 2.15. The van der Waals surface area contributed by atoms with E-state index in [4.69, 9.17) is 15.0 Å². The fourth-order valence-corrected chi connectivity index (χ4v) is 0.783. The minimum atomic E-state index is -1.83. The molecule has 5 nitrogen and oxygen atoms in total. The van der Waals surface area contributed by atoms with Gasteiger partial charge in [0.2, 0.25) is 5.91 Å². The third kappa shape index (κ3) is 8.88. The van der Waals surface area contributed by atoms with Crippen molar-refractivity contribution < 1.29 is 90.1 Å². The van der Waals surface area contributed by atoms with Gasteiger partial charge < -0.3 is 16.5 Å². The fourth-order valence-electron chi connectivity index (χ4n) is 0.783. The van der Waals surface area contributed by atoms with Crippen LogP contribution in [0.5, 0.6) is 0 Å². The van der Waals surface area contributed by atoms with Crippen molar-refractivity contribution in [2.24, 2.45) is 0 Å². The van der Waals surface area contributed by atoms with Gasteiger partial charge in [-0.1, -0.05) is 0 Å². The van der Waals surface area contributed by atoms with E-state index < -0.39 is 6.16 Å². The van der Waals surface area contributed by atoms with E-state index in [-0.39, 0.29) is 70.3 Å². The molecule has 2 N–H and O–H groups in total. The third-order valence-corrected chi connectivity index (χ3v) is 1.31. The molecule has 0 aliphatic carbocycles. The Kier molecular flexibility index (Phi) is 10.7. The van der Waals surface area contributed by atoms with Gasteiger partial charge in [0, 0.05) is 20.0 Å². The Morgan fingerprint density at radius 3 is 2.08 bits per heavy atom. The second-order valence-electron chi connectivity index (χ2n) is 2.20. The van der Waals surface area contributed by atoms with Crippen molar-refractivity contribution in [3.63, 3.8) is 0 Å². The van der Waals surface area contributed by atoms with Crippen molar-refractivity contribution >= 4 is 12.1 Å². The molecule has 0 atom stereocenters. The predicted octanol–water partition coefficient (Wildman–Crippen LogP) is -2.42. The first kappa shape index (κ1) is 15.3. The number of carbonyl (C=O) groups is 2. The monoisotopic (exact) mass is 295 g/mol. The summed E-state index contributed by atoms with van der Waals surface area (Å²) in [6, 6.07) is 0. The largest absolute Gasteiger partial charge is 1.00 e. The molecule has 12 heavy (non-hydrogen) atoms. The maximum Gasteiger partial charge on any atom is 1.00 e. The molecule has 0 aromatic heterocycles. The summed E-state index contributed by atoms with van der Waals surface area (Å²) >= 11 is 0. The molecule has 0 radical (unpaired) electrons. The van der Waals surface area contributed by atoms with Crippen molar-refractivity contribution in [2.75, 3.05) is 13.6 Å². The van der Waals surface area contributed by atoms with Gasteiger partial charge in [-0.15, -0.1) is 0 Å². The van der Waals surface area contributed by atoms with Crippen LogP contribution in [0.2, 0.25) is 0 Å². The summed E-state index contributed by atoms with van der Waals surface area (Å²) in [5.74, 6) is 0.292. The van der Waals surface area contributed by atoms with Gasteiger partial charge in [-0.25, -0.2) is 4.79 Å². The van der Waals surface area contributed by atoms with Crippen molar-refractivity contribution in [3.05, 3.63) is 0 Å². The normalized spacial score (nSPS) is 14.4. The minimum Gasteiger partial charge on any atom is -1.00 e. The molecule has 0 bridgehead atoms. The van der Waals surface area contributed by atoms with E-state index in [1.165, 1.54) is 0 Å². The third-order valence-electron chi connectivity index (χ3n) is 1.31. The Morgan fingerprint density at radius 2 is 2.00 bits per heavy atom. The molecule has 66 valence electrons. The van der Waals surface area contributed by atoms with Crippen LogP contribution in [0.3, 0.4) is 0 Å². The molecule has 1 saturated heterocycles. The van der Waals surface area contributed by atoms with Crippen LogP contribution in [-0.4, -0.2) is 40.8 Å². The van der Waals surface area contributed by atoms with Gasteiger partial charge in [-0.3, -0.25) is 4.79 Å². The summed E-state index contributed by atoms with van der Waals surface area (Å²) in [7, 11) is 1.84. The number of hydrogen-bond donors (Lipinski definition) is 2. The van der Waals surface area contributed by atoms with E-state index in [2.05, 4.69) is 0 Å². The molecule has 0 spiro atoms. The van der Waals surface area contributed by atoms with E-state index in [0.717, 1.165) is 19.4 Å². The molecule has 0 aromatic carbocycles. The van der Waals surface area contributed by atoms with Crippen molar-refractivity contribution in [2.45, 2.75) is 12.8 Å². The van der Waals surface area contributed by atoms with Crippen LogP contribution in [-0.2, 0) is 4.79 Å². The minimum absolute atomic E-state index is 0. The van der Waals surface area contributed by atoms with Crippen molar-refractivity contribution in [1.29, 1.82) is 0 Å². The van der Waals surface area contributed by atoms with Gasteiger partial charge in [-0.05, 0) is 6.42 Å². The second kappa shape index (κ2) is 8.39. The van der Waals surface area contributed by atoms with Crippen LogP contribution in [0.25, 0.3) is 0 Å². The number of rotatable bonds is 0. The smallest absolute Gasteiger partial charge is 1.00 e. The number of carboxylic acid groups (broad SMARTS) is 2. The first-order valence-corrected chi connectivity index (χ1v) is 3.20. The van der Waals surface area contributed by atoms with E-state index in [1.54, 1.807) is 4.90 Å². The van der Waals surface area contributed by atoms with Crippen molar-refractivity contribution in [1.82, 2.24) is 4.90 Å². The summed E-state index contributed by atoms with van der Waals surface area (Å²) < 4.78 is 0. The molecule has 1 aliphatic heterocycles. The molecule has 1 rings (SSSR count). The van der Waals surface area contributed by atoms with Gasteiger partial charge in [0.05, 0.1) is 0 Å². The number of hydrogen-bond acceptors (Lipinski definition) is 2. The molecular formula is C6H12CsNO4. The Balaban J connectivity index is -0.000000150. The van der Waals surface area contributed by atoms with Gasteiger partial charge in [0.15, 0.2) is 0 Å². The van der Waals surface area contributed by atoms with Gasteiger partial charge >= 0.3 is 75.0 Å². The summed E-state index contributed by atoms with van der Waals surface area (Å²) in [5.41, 5.74) is 0. The number of carbonyl (C=O) groups excluding carboxylic acids is 1.